The van der Waals surface area contributed by atoms with Gasteiger partial charge in [-0.2, -0.15) is 0 Å². The Morgan fingerprint density at radius 2 is 1.85 bits per heavy atom. The predicted molar refractivity (Wildman–Crippen MR) is 84.4 cm³/mol. The number of hydrogen-bond acceptors (Lipinski definition) is 2. The van der Waals surface area contributed by atoms with Crippen LogP contribution in [-0.4, -0.2) is 7.11 Å². The average Bonchev–Trinajstić information content (AvgIpc) is 2.45. The first-order valence-corrected chi connectivity index (χ1v) is 7.10. The molecule has 2 aromatic rings. The molecule has 0 saturated heterocycles. The molecule has 0 aromatic heterocycles. The summed E-state index contributed by atoms with van der Waals surface area (Å²) in [5.41, 5.74) is 3.62. The van der Waals surface area contributed by atoms with Crippen LogP contribution in [0.4, 0.5) is 0 Å². The summed E-state index contributed by atoms with van der Waals surface area (Å²) in [4.78, 5) is 0. The SMILES string of the molecule is COc1ccc(Cl)cc1CN[C@H](C)c1ccc(C)cc1. The number of nitrogens with one attached hydrogen (secondary N) is 1. The highest BCUT2D eigenvalue weighted by Crippen LogP contribution is 2.23. The van der Waals surface area contributed by atoms with Crippen molar-refractivity contribution in [3.8, 4) is 5.75 Å². The van der Waals surface area contributed by atoms with Gasteiger partial charge in [0.1, 0.15) is 5.75 Å². The highest BCUT2D eigenvalue weighted by molar-refractivity contribution is 6.30. The summed E-state index contributed by atoms with van der Waals surface area (Å²) in [5.74, 6) is 0.859. The summed E-state index contributed by atoms with van der Waals surface area (Å²) < 4.78 is 5.36. The number of halogens is 1. The Labute approximate surface area is 125 Å². The Hall–Kier alpha value is -1.51. The second-order valence-corrected chi connectivity index (χ2v) is 5.41. The third-order valence-electron chi connectivity index (χ3n) is 3.42. The molecule has 0 unspecified atom stereocenters. The molecule has 0 spiro atoms. The van der Waals surface area contributed by atoms with Crippen molar-refractivity contribution in [2.24, 2.45) is 0 Å². The van der Waals surface area contributed by atoms with Gasteiger partial charge in [0.25, 0.3) is 0 Å². The quantitative estimate of drug-likeness (QED) is 0.874. The van der Waals surface area contributed by atoms with Gasteiger partial charge in [-0.05, 0) is 37.6 Å². The lowest BCUT2D eigenvalue weighted by atomic mass is 10.1. The van der Waals surface area contributed by atoms with Crippen LogP contribution in [0.15, 0.2) is 42.5 Å². The lowest BCUT2D eigenvalue weighted by molar-refractivity contribution is 0.406. The molecule has 3 heteroatoms. The van der Waals surface area contributed by atoms with Gasteiger partial charge in [0, 0.05) is 23.2 Å². The van der Waals surface area contributed by atoms with Gasteiger partial charge in [0.05, 0.1) is 7.11 Å². The van der Waals surface area contributed by atoms with E-state index in [1.54, 1.807) is 7.11 Å². The highest BCUT2D eigenvalue weighted by Gasteiger charge is 2.08. The summed E-state index contributed by atoms with van der Waals surface area (Å²) in [5, 5.41) is 4.23. The smallest absolute Gasteiger partial charge is 0.123 e. The molecule has 2 aromatic carbocycles. The molecule has 0 aliphatic rings. The Bertz CT molecular complexity index is 566. The molecular formula is C17H20ClNO. The Kier molecular flexibility index (Phi) is 5.05. The van der Waals surface area contributed by atoms with Crippen molar-refractivity contribution < 1.29 is 4.74 Å². The van der Waals surface area contributed by atoms with Crippen LogP contribution in [0.3, 0.4) is 0 Å². The van der Waals surface area contributed by atoms with Crippen LogP contribution in [0.1, 0.15) is 29.7 Å². The van der Waals surface area contributed by atoms with Crippen LogP contribution in [0.25, 0.3) is 0 Å². The van der Waals surface area contributed by atoms with Crippen LogP contribution in [0.2, 0.25) is 5.02 Å². The van der Waals surface area contributed by atoms with E-state index in [4.69, 9.17) is 16.3 Å². The predicted octanol–water partition coefficient (Wildman–Crippen LogP) is 4.51. The summed E-state index contributed by atoms with van der Waals surface area (Å²) in [6.07, 6.45) is 0. The molecule has 0 heterocycles. The number of aryl methyl sites for hydroxylation is 1. The van der Waals surface area contributed by atoms with E-state index in [1.807, 2.05) is 18.2 Å². The molecule has 2 nitrogen and oxygen atoms in total. The summed E-state index contributed by atoms with van der Waals surface area (Å²) in [6, 6.07) is 14.5. The van der Waals surface area contributed by atoms with Crippen LogP contribution in [0, 0.1) is 6.92 Å². The molecule has 2 rings (SSSR count). The third kappa shape index (κ3) is 3.75. The fourth-order valence-corrected chi connectivity index (χ4v) is 2.32. The second kappa shape index (κ2) is 6.78. The van der Waals surface area contributed by atoms with E-state index in [0.29, 0.717) is 0 Å². The minimum absolute atomic E-state index is 0.277. The molecule has 106 valence electrons. The van der Waals surface area contributed by atoms with Gasteiger partial charge in [0.2, 0.25) is 0 Å². The van der Waals surface area contributed by atoms with Gasteiger partial charge in [-0.1, -0.05) is 41.4 Å². The van der Waals surface area contributed by atoms with Gasteiger partial charge < -0.3 is 10.1 Å². The van der Waals surface area contributed by atoms with E-state index < -0.39 is 0 Å². The van der Waals surface area contributed by atoms with Crippen molar-refractivity contribution in [3.63, 3.8) is 0 Å². The second-order valence-electron chi connectivity index (χ2n) is 4.97. The van der Waals surface area contributed by atoms with Crippen LogP contribution < -0.4 is 10.1 Å². The topological polar surface area (TPSA) is 21.3 Å². The molecule has 0 aliphatic carbocycles. The van der Waals surface area contributed by atoms with Crippen LogP contribution in [-0.2, 0) is 6.54 Å². The lowest BCUT2D eigenvalue weighted by Gasteiger charge is -2.16. The Morgan fingerprint density at radius 1 is 1.15 bits per heavy atom. The van der Waals surface area contributed by atoms with Crippen molar-refractivity contribution in [2.75, 3.05) is 7.11 Å². The lowest BCUT2D eigenvalue weighted by Crippen LogP contribution is -2.18. The maximum atomic E-state index is 6.04. The number of rotatable bonds is 5. The molecular weight excluding hydrogens is 270 g/mol. The number of benzene rings is 2. The van der Waals surface area contributed by atoms with E-state index in [0.717, 1.165) is 22.9 Å². The van der Waals surface area contributed by atoms with E-state index in [9.17, 15) is 0 Å². The molecule has 20 heavy (non-hydrogen) atoms. The Morgan fingerprint density at radius 3 is 2.50 bits per heavy atom. The zero-order valence-electron chi connectivity index (χ0n) is 12.1. The first kappa shape index (κ1) is 14.9. The fourth-order valence-electron chi connectivity index (χ4n) is 2.12. The maximum Gasteiger partial charge on any atom is 0.123 e. The van der Waals surface area contributed by atoms with Crippen molar-refractivity contribution in [1.29, 1.82) is 0 Å². The van der Waals surface area contributed by atoms with Crippen molar-refractivity contribution in [1.82, 2.24) is 5.32 Å². The Balaban J connectivity index is 2.04. The molecule has 1 N–H and O–H groups in total. The number of ether oxygens (including phenoxy) is 1. The average molecular weight is 290 g/mol. The fraction of sp³-hybridized carbons (Fsp3) is 0.294. The standard InChI is InChI=1S/C17H20ClNO/c1-12-4-6-14(7-5-12)13(2)19-11-15-10-16(18)8-9-17(15)20-3/h4-10,13,19H,11H2,1-3H3/t13-/m1/s1. The first-order chi connectivity index (χ1) is 9.60. The van der Waals surface area contributed by atoms with E-state index >= 15 is 0 Å². The van der Waals surface area contributed by atoms with Crippen molar-refractivity contribution in [3.05, 3.63) is 64.2 Å². The van der Waals surface area contributed by atoms with E-state index in [2.05, 4.69) is 43.4 Å². The summed E-state index contributed by atoms with van der Waals surface area (Å²) >= 11 is 6.04. The molecule has 0 amide bonds. The zero-order chi connectivity index (χ0) is 14.5. The minimum Gasteiger partial charge on any atom is -0.496 e. The highest BCUT2D eigenvalue weighted by atomic mass is 35.5. The zero-order valence-corrected chi connectivity index (χ0v) is 12.9. The van der Waals surface area contributed by atoms with Crippen LogP contribution in [0.5, 0.6) is 5.75 Å². The largest absolute Gasteiger partial charge is 0.496 e. The normalized spacial score (nSPS) is 12.2. The van der Waals surface area contributed by atoms with Crippen LogP contribution >= 0.6 is 11.6 Å². The summed E-state index contributed by atoms with van der Waals surface area (Å²) in [7, 11) is 1.68. The molecule has 0 fully saturated rings. The van der Waals surface area contributed by atoms with Crippen molar-refractivity contribution >= 4 is 11.6 Å². The van der Waals surface area contributed by atoms with Gasteiger partial charge in [-0.25, -0.2) is 0 Å². The molecule has 0 aliphatic heterocycles. The molecule has 0 saturated carbocycles. The molecule has 0 bridgehead atoms. The van der Waals surface area contributed by atoms with Gasteiger partial charge >= 0.3 is 0 Å². The monoisotopic (exact) mass is 289 g/mol. The maximum absolute atomic E-state index is 6.04. The van der Waals surface area contributed by atoms with E-state index in [-0.39, 0.29) is 6.04 Å². The summed E-state index contributed by atoms with van der Waals surface area (Å²) in [6.45, 7) is 4.97. The van der Waals surface area contributed by atoms with Gasteiger partial charge in [-0.3, -0.25) is 0 Å². The van der Waals surface area contributed by atoms with Gasteiger partial charge in [0.15, 0.2) is 0 Å². The first-order valence-electron chi connectivity index (χ1n) is 6.72. The molecule has 0 radical (unpaired) electrons. The van der Waals surface area contributed by atoms with Crippen molar-refractivity contribution in [2.45, 2.75) is 26.4 Å². The van der Waals surface area contributed by atoms with E-state index in [1.165, 1.54) is 11.1 Å². The number of methoxy groups -OCH3 is 1. The number of hydrogen-bond donors (Lipinski definition) is 1. The molecule has 1 atom stereocenters. The minimum atomic E-state index is 0.277. The van der Waals surface area contributed by atoms with Gasteiger partial charge in [-0.15, -0.1) is 0 Å². The third-order valence-corrected chi connectivity index (χ3v) is 3.65.